The zero-order chi connectivity index (χ0) is 16.4. The number of ether oxygens (including phenoxy) is 1. The number of aromatic amines is 1. The fourth-order valence-electron chi connectivity index (χ4n) is 3.29. The average molecular weight is 311 g/mol. The molecule has 0 spiro atoms. The van der Waals surface area contributed by atoms with E-state index in [2.05, 4.69) is 4.98 Å². The summed E-state index contributed by atoms with van der Waals surface area (Å²) in [5, 5.41) is 21.8. The van der Waals surface area contributed by atoms with Gasteiger partial charge in [-0.15, -0.1) is 0 Å². The molecule has 1 aromatic heterocycles. The monoisotopic (exact) mass is 311 g/mol. The molecule has 4 rings (SSSR count). The van der Waals surface area contributed by atoms with Gasteiger partial charge in [0.05, 0.1) is 22.2 Å². The molecule has 118 valence electrons. The van der Waals surface area contributed by atoms with E-state index in [0.717, 1.165) is 33.7 Å². The average Bonchev–Trinajstić information content (AvgIpc) is 3.06. The van der Waals surface area contributed by atoms with E-state index in [-0.39, 0.29) is 5.75 Å². The number of aromatic nitrogens is 1. The maximum absolute atomic E-state index is 11.5. The Morgan fingerprint density at radius 3 is 2.78 bits per heavy atom. The molecule has 3 N–H and O–H groups in total. The van der Waals surface area contributed by atoms with E-state index in [4.69, 9.17) is 4.74 Å². The van der Waals surface area contributed by atoms with Gasteiger partial charge in [0.2, 0.25) is 0 Å². The van der Waals surface area contributed by atoms with Crippen molar-refractivity contribution >= 4 is 28.1 Å². The number of phenolic OH excluding ortho intramolecular Hbond substituents is 1. The van der Waals surface area contributed by atoms with Crippen LogP contribution in [0.4, 0.5) is 0 Å². The summed E-state index contributed by atoms with van der Waals surface area (Å²) in [5.41, 5.74) is 2.06. The van der Waals surface area contributed by atoms with E-state index in [1.807, 2.05) is 6.07 Å². The van der Waals surface area contributed by atoms with Gasteiger partial charge in [0.25, 0.3) is 0 Å². The molecule has 1 aliphatic heterocycles. The van der Waals surface area contributed by atoms with Crippen molar-refractivity contribution < 1.29 is 19.7 Å². The summed E-state index contributed by atoms with van der Waals surface area (Å²) < 4.78 is 5.87. The maximum atomic E-state index is 11.5. The molecule has 1 unspecified atom stereocenters. The first kappa shape index (κ1) is 14.1. The van der Waals surface area contributed by atoms with Crippen LogP contribution in [0.3, 0.4) is 0 Å². The van der Waals surface area contributed by atoms with Gasteiger partial charge in [-0.25, -0.2) is 0 Å². The summed E-state index contributed by atoms with van der Waals surface area (Å²) >= 11 is 0. The number of phenols is 1. The molecule has 2 aromatic carbocycles. The highest BCUT2D eigenvalue weighted by Crippen LogP contribution is 2.42. The number of nitrogens with one attached hydrogen (secondary N) is 1. The number of aliphatic hydroxyl groups is 1. The van der Waals surface area contributed by atoms with Crippen LogP contribution in [0.5, 0.6) is 11.5 Å². The van der Waals surface area contributed by atoms with Crippen LogP contribution >= 0.6 is 0 Å². The third kappa shape index (κ3) is 2.00. The van der Waals surface area contributed by atoms with Crippen LogP contribution in [0.25, 0.3) is 21.8 Å². The summed E-state index contributed by atoms with van der Waals surface area (Å²) in [6.07, 6.45) is 0.904. The number of H-pyrrole nitrogens is 1. The van der Waals surface area contributed by atoms with E-state index >= 15 is 0 Å². The number of benzene rings is 2. The van der Waals surface area contributed by atoms with Crippen molar-refractivity contribution in [1.29, 1.82) is 0 Å². The molecule has 0 fully saturated rings. The third-order valence-corrected chi connectivity index (χ3v) is 4.52. The second kappa shape index (κ2) is 4.49. The van der Waals surface area contributed by atoms with E-state index < -0.39 is 11.7 Å². The molecule has 0 saturated heterocycles. The topological polar surface area (TPSA) is 82.5 Å². The van der Waals surface area contributed by atoms with Crippen LogP contribution in [-0.4, -0.2) is 33.2 Å². The summed E-state index contributed by atoms with van der Waals surface area (Å²) in [4.78, 5) is 14.8. The number of rotatable bonds is 2. The van der Waals surface area contributed by atoms with E-state index in [9.17, 15) is 15.0 Å². The summed E-state index contributed by atoms with van der Waals surface area (Å²) in [5.74, 6) is 0.720. The van der Waals surface area contributed by atoms with Gasteiger partial charge in [0.15, 0.2) is 6.29 Å². The molecule has 0 radical (unpaired) electrons. The Hall–Kier alpha value is -2.53. The van der Waals surface area contributed by atoms with Gasteiger partial charge in [0.1, 0.15) is 17.6 Å². The predicted octanol–water partition coefficient (Wildman–Crippen LogP) is 2.91. The van der Waals surface area contributed by atoms with Gasteiger partial charge in [-0.3, -0.25) is 4.79 Å². The largest absolute Gasteiger partial charge is 0.508 e. The number of aromatic hydroxyl groups is 1. The molecule has 3 aromatic rings. The first-order valence-electron chi connectivity index (χ1n) is 7.53. The molecule has 5 nitrogen and oxygen atoms in total. The lowest BCUT2D eigenvalue weighted by Crippen LogP contribution is -2.39. The standard InChI is InChI=1S/C18H17NO4/c1-18(2,22)15-7-13-16-12(5-9(8-20)17(13)23-15)11-4-3-10(21)6-14(11)19-16/h3-6,8,15,19,21-22H,7H2,1-2H3. The molecule has 0 amide bonds. The Bertz CT molecular complexity index is 949. The number of carbonyl (C=O) groups excluding carboxylic acids is 1. The SMILES string of the molecule is CC(C)(O)C1Cc2c(c(C=O)cc3c2[nH]c2cc(O)ccc23)O1. The van der Waals surface area contributed by atoms with Crippen molar-refractivity contribution in [3.63, 3.8) is 0 Å². The Balaban J connectivity index is 2.02. The lowest BCUT2D eigenvalue weighted by molar-refractivity contribution is -0.0230. The zero-order valence-electron chi connectivity index (χ0n) is 12.9. The first-order chi connectivity index (χ1) is 10.9. The van der Waals surface area contributed by atoms with Crippen molar-refractivity contribution in [3.05, 3.63) is 35.4 Å². The molecular weight excluding hydrogens is 294 g/mol. The first-order valence-corrected chi connectivity index (χ1v) is 7.53. The molecule has 1 aliphatic rings. The minimum atomic E-state index is -1.00. The second-order valence-electron chi connectivity index (χ2n) is 6.63. The quantitative estimate of drug-likeness (QED) is 0.636. The summed E-state index contributed by atoms with van der Waals surface area (Å²) in [6.45, 7) is 3.40. The molecule has 0 bridgehead atoms. The number of hydrogen-bond donors (Lipinski definition) is 3. The summed E-state index contributed by atoms with van der Waals surface area (Å²) in [7, 11) is 0. The maximum Gasteiger partial charge on any atom is 0.153 e. The highest BCUT2D eigenvalue weighted by Gasteiger charge is 2.37. The minimum Gasteiger partial charge on any atom is -0.508 e. The van der Waals surface area contributed by atoms with Crippen LogP contribution in [0.2, 0.25) is 0 Å². The lowest BCUT2D eigenvalue weighted by Gasteiger charge is -2.24. The van der Waals surface area contributed by atoms with Crippen LogP contribution in [0, 0.1) is 0 Å². The Morgan fingerprint density at radius 2 is 2.09 bits per heavy atom. The van der Waals surface area contributed by atoms with Crippen molar-refractivity contribution in [3.8, 4) is 11.5 Å². The second-order valence-corrected chi connectivity index (χ2v) is 6.63. The van der Waals surface area contributed by atoms with Gasteiger partial charge < -0.3 is 19.9 Å². The molecular formula is C18H17NO4. The van der Waals surface area contributed by atoms with Gasteiger partial charge in [-0.05, 0) is 32.0 Å². The molecule has 5 heteroatoms. The van der Waals surface area contributed by atoms with Gasteiger partial charge in [-0.2, -0.15) is 0 Å². The minimum absolute atomic E-state index is 0.182. The van der Waals surface area contributed by atoms with Crippen molar-refractivity contribution in [1.82, 2.24) is 4.98 Å². The van der Waals surface area contributed by atoms with E-state index in [1.165, 1.54) is 0 Å². The number of fused-ring (bicyclic) bond motifs is 5. The number of hydrogen-bond acceptors (Lipinski definition) is 4. The van der Waals surface area contributed by atoms with Gasteiger partial charge >= 0.3 is 0 Å². The van der Waals surface area contributed by atoms with Crippen molar-refractivity contribution in [2.75, 3.05) is 0 Å². The third-order valence-electron chi connectivity index (χ3n) is 4.52. The lowest BCUT2D eigenvalue weighted by atomic mass is 9.95. The summed E-state index contributed by atoms with van der Waals surface area (Å²) in [6, 6.07) is 6.91. The fraction of sp³-hybridized carbons (Fsp3) is 0.278. The van der Waals surface area contributed by atoms with E-state index in [0.29, 0.717) is 17.7 Å². The van der Waals surface area contributed by atoms with Gasteiger partial charge in [-0.1, -0.05) is 0 Å². The smallest absolute Gasteiger partial charge is 0.153 e. The number of aldehydes is 1. The Morgan fingerprint density at radius 1 is 1.30 bits per heavy atom. The highest BCUT2D eigenvalue weighted by molar-refractivity contribution is 6.11. The molecule has 1 atom stereocenters. The highest BCUT2D eigenvalue weighted by atomic mass is 16.5. The van der Waals surface area contributed by atoms with Crippen molar-refractivity contribution in [2.24, 2.45) is 0 Å². The van der Waals surface area contributed by atoms with Crippen LogP contribution in [-0.2, 0) is 6.42 Å². The number of carbonyl (C=O) groups is 1. The van der Waals surface area contributed by atoms with Crippen LogP contribution < -0.4 is 4.74 Å². The van der Waals surface area contributed by atoms with Crippen LogP contribution in [0.1, 0.15) is 29.8 Å². The zero-order valence-corrected chi connectivity index (χ0v) is 12.9. The normalized spacial score (nSPS) is 17.4. The molecule has 23 heavy (non-hydrogen) atoms. The predicted molar refractivity (Wildman–Crippen MR) is 87.3 cm³/mol. The van der Waals surface area contributed by atoms with E-state index in [1.54, 1.807) is 32.0 Å². The van der Waals surface area contributed by atoms with Gasteiger partial charge in [0, 0.05) is 28.8 Å². The molecule has 2 heterocycles. The molecule has 0 aliphatic carbocycles. The van der Waals surface area contributed by atoms with Crippen LogP contribution in [0.15, 0.2) is 24.3 Å². The Kier molecular flexibility index (Phi) is 2.75. The fourth-order valence-corrected chi connectivity index (χ4v) is 3.29. The molecule has 0 saturated carbocycles. The Labute approximate surface area is 132 Å². The van der Waals surface area contributed by atoms with Crippen molar-refractivity contribution in [2.45, 2.75) is 32.0 Å².